The van der Waals surface area contributed by atoms with Crippen LogP contribution in [0.3, 0.4) is 0 Å². The first-order valence-electron chi connectivity index (χ1n) is 6.58. The van der Waals surface area contributed by atoms with Crippen LogP contribution >= 0.6 is 0 Å². The number of nitrogens with zero attached hydrogens (tertiary/aromatic N) is 3. The summed E-state index contributed by atoms with van der Waals surface area (Å²) in [6.45, 7) is 2.74. The number of alkyl halides is 3. The van der Waals surface area contributed by atoms with E-state index in [1.54, 1.807) is 4.90 Å². The second kappa shape index (κ2) is 5.88. The summed E-state index contributed by atoms with van der Waals surface area (Å²) in [5.74, 6) is 0. The van der Waals surface area contributed by atoms with Crippen molar-refractivity contribution in [2.45, 2.75) is 12.6 Å². The Balaban J connectivity index is 2.36. The summed E-state index contributed by atoms with van der Waals surface area (Å²) in [7, 11) is 1.95. The molecule has 1 heterocycles. The van der Waals surface area contributed by atoms with Crippen molar-refractivity contribution in [2.75, 3.05) is 38.1 Å². The molecule has 21 heavy (non-hydrogen) atoms. The van der Waals surface area contributed by atoms with Gasteiger partial charge in [0.25, 0.3) is 5.69 Å². The monoisotopic (exact) mass is 303 g/mol. The number of hydrogen-bond acceptors (Lipinski definition) is 4. The number of halogens is 3. The van der Waals surface area contributed by atoms with E-state index in [1.807, 2.05) is 7.05 Å². The zero-order chi connectivity index (χ0) is 15.6. The van der Waals surface area contributed by atoms with Crippen molar-refractivity contribution < 1.29 is 18.1 Å². The molecule has 0 atom stereocenters. The lowest BCUT2D eigenvalue weighted by Gasteiger charge is -2.23. The quantitative estimate of drug-likeness (QED) is 0.622. The number of rotatable bonds is 2. The maximum atomic E-state index is 12.7. The predicted molar refractivity (Wildman–Crippen MR) is 72.4 cm³/mol. The second-order valence-corrected chi connectivity index (χ2v) is 5.10. The highest BCUT2D eigenvalue weighted by molar-refractivity contribution is 5.64. The van der Waals surface area contributed by atoms with Gasteiger partial charge in [0.2, 0.25) is 0 Å². The fraction of sp³-hybridized carbons (Fsp3) is 0.538. The highest BCUT2D eigenvalue weighted by Crippen LogP contribution is 2.36. The standard InChI is InChI=1S/C13H16F3N3O2/c1-17-5-2-6-18(8-7-17)11-4-3-10(13(14,15)16)9-12(11)19(20)21/h3-4,9H,2,5-8H2,1H3. The normalized spacial score (nSPS) is 17.6. The second-order valence-electron chi connectivity index (χ2n) is 5.10. The van der Waals surface area contributed by atoms with Gasteiger partial charge in [-0.1, -0.05) is 0 Å². The number of nitro groups is 1. The Labute approximate surface area is 120 Å². The molecule has 5 nitrogen and oxygen atoms in total. The molecular weight excluding hydrogens is 287 g/mol. The Bertz CT molecular complexity index is 534. The predicted octanol–water partition coefficient (Wildman–Crippen LogP) is 2.76. The summed E-state index contributed by atoms with van der Waals surface area (Å²) in [5, 5.41) is 11.1. The summed E-state index contributed by atoms with van der Waals surface area (Å²) in [5.41, 5.74) is -1.23. The maximum absolute atomic E-state index is 12.7. The Morgan fingerprint density at radius 2 is 1.90 bits per heavy atom. The number of benzene rings is 1. The van der Waals surface area contributed by atoms with Crippen LogP contribution in [0, 0.1) is 10.1 Å². The van der Waals surface area contributed by atoms with E-state index in [1.165, 1.54) is 6.07 Å². The molecule has 0 bridgehead atoms. The summed E-state index contributed by atoms with van der Waals surface area (Å²) >= 11 is 0. The van der Waals surface area contributed by atoms with Gasteiger partial charge in [0.15, 0.2) is 0 Å². The molecule has 0 unspecified atom stereocenters. The van der Waals surface area contributed by atoms with E-state index in [-0.39, 0.29) is 5.69 Å². The van der Waals surface area contributed by atoms with Crippen LogP contribution in [-0.2, 0) is 6.18 Å². The average molecular weight is 303 g/mol. The molecule has 116 valence electrons. The third-order valence-corrected chi connectivity index (χ3v) is 3.56. The average Bonchev–Trinajstić information content (AvgIpc) is 2.61. The van der Waals surface area contributed by atoms with Gasteiger partial charge in [0, 0.05) is 25.7 Å². The Hall–Kier alpha value is -1.83. The van der Waals surface area contributed by atoms with Crippen LogP contribution in [0.2, 0.25) is 0 Å². The minimum Gasteiger partial charge on any atom is -0.365 e. The van der Waals surface area contributed by atoms with Crippen LogP contribution in [0.25, 0.3) is 0 Å². The minimum absolute atomic E-state index is 0.253. The van der Waals surface area contributed by atoms with Crippen LogP contribution in [0.1, 0.15) is 12.0 Å². The molecule has 1 aliphatic rings. The first-order chi connectivity index (χ1) is 9.79. The maximum Gasteiger partial charge on any atom is 0.416 e. The van der Waals surface area contributed by atoms with Crippen molar-refractivity contribution in [2.24, 2.45) is 0 Å². The van der Waals surface area contributed by atoms with Crippen molar-refractivity contribution in [3.63, 3.8) is 0 Å². The highest BCUT2D eigenvalue weighted by Gasteiger charge is 2.33. The third-order valence-electron chi connectivity index (χ3n) is 3.56. The molecule has 1 aromatic rings. The Kier molecular flexibility index (Phi) is 4.36. The van der Waals surface area contributed by atoms with Crippen LogP contribution < -0.4 is 4.90 Å². The van der Waals surface area contributed by atoms with Gasteiger partial charge < -0.3 is 9.80 Å². The van der Waals surface area contributed by atoms with Crippen LogP contribution in [0.4, 0.5) is 24.5 Å². The Morgan fingerprint density at radius 3 is 2.52 bits per heavy atom. The molecule has 1 saturated heterocycles. The Morgan fingerprint density at radius 1 is 1.19 bits per heavy atom. The van der Waals surface area contributed by atoms with Crippen LogP contribution in [0.5, 0.6) is 0 Å². The summed E-state index contributed by atoms with van der Waals surface area (Å²) in [4.78, 5) is 14.2. The topological polar surface area (TPSA) is 49.6 Å². The van der Waals surface area contributed by atoms with Gasteiger partial charge in [-0.3, -0.25) is 10.1 Å². The smallest absolute Gasteiger partial charge is 0.365 e. The number of hydrogen-bond donors (Lipinski definition) is 0. The lowest BCUT2D eigenvalue weighted by Crippen LogP contribution is -2.29. The molecular formula is C13H16F3N3O2. The van der Waals surface area contributed by atoms with E-state index in [0.717, 1.165) is 25.6 Å². The first kappa shape index (κ1) is 15.6. The molecule has 0 radical (unpaired) electrons. The largest absolute Gasteiger partial charge is 0.416 e. The molecule has 1 aliphatic heterocycles. The van der Waals surface area contributed by atoms with Crippen molar-refractivity contribution in [3.8, 4) is 0 Å². The molecule has 2 rings (SSSR count). The molecule has 0 saturated carbocycles. The van der Waals surface area contributed by atoms with Crippen molar-refractivity contribution in [1.82, 2.24) is 4.90 Å². The van der Waals surface area contributed by atoms with Crippen LogP contribution in [0.15, 0.2) is 18.2 Å². The number of anilines is 1. The molecule has 0 N–H and O–H groups in total. The van der Waals surface area contributed by atoms with E-state index in [4.69, 9.17) is 0 Å². The zero-order valence-corrected chi connectivity index (χ0v) is 11.6. The van der Waals surface area contributed by atoms with Gasteiger partial charge in [-0.25, -0.2) is 0 Å². The van der Waals surface area contributed by atoms with Gasteiger partial charge >= 0.3 is 6.18 Å². The van der Waals surface area contributed by atoms with Crippen LogP contribution in [-0.4, -0.2) is 43.0 Å². The molecule has 8 heteroatoms. The van der Waals surface area contributed by atoms with Gasteiger partial charge in [-0.2, -0.15) is 13.2 Å². The summed E-state index contributed by atoms with van der Waals surface area (Å²) in [6.07, 6.45) is -3.77. The lowest BCUT2D eigenvalue weighted by molar-refractivity contribution is -0.384. The molecule has 0 aliphatic carbocycles. The van der Waals surface area contributed by atoms with Gasteiger partial charge in [0.05, 0.1) is 10.5 Å². The minimum atomic E-state index is -4.58. The van der Waals surface area contributed by atoms with E-state index in [0.29, 0.717) is 19.2 Å². The molecule has 0 aromatic heterocycles. The van der Waals surface area contributed by atoms with E-state index in [9.17, 15) is 23.3 Å². The molecule has 1 fully saturated rings. The van der Waals surface area contributed by atoms with Gasteiger partial charge in [0.1, 0.15) is 5.69 Å². The zero-order valence-electron chi connectivity index (χ0n) is 11.6. The number of likely N-dealkylation sites (N-methyl/N-ethyl adjacent to an activating group) is 1. The SMILES string of the molecule is CN1CCCN(c2ccc(C(F)(F)F)cc2[N+](=O)[O-])CC1. The molecule has 0 amide bonds. The fourth-order valence-electron chi connectivity index (χ4n) is 2.40. The van der Waals surface area contributed by atoms with E-state index in [2.05, 4.69) is 4.90 Å². The van der Waals surface area contributed by atoms with Crippen molar-refractivity contribution in [3.05, 3.63) is 33.9 Å². The van der Waals surface area contributed by atoms with Gasteiger partial charge in [-0.05, 0) is 32.1 Å². The third kappa shape index (κ3) is 3.63. The molecule has 0 spiro atoms. The summed E-state index contributed by atoms with van der Waals surface area (Å²) in [6, 6.07) is 2.72. The van der Waals surface area contributed by atoms with Crippen molar-refractivity contribution >= 4 is 11.4 Å². The number of nitro benzene ring substituents is 1. The highest BCUT2D eigenvalue weighted by atomic mass is 19.4. The van der Waals surface area contributed by atoms with Gasteiger partial charge in [-0.15, -0.1) is 0 Å². The lowest BCUT2D eigenvalue weighted by atomic mass is 10.1. The summed E-state index contributed by atoms with van der Waals surface area (Å²) < 4.78 is 38.0. The fourth-order valence-corrected chi connectivity index (χ4v) is 2.40. The molecule has 1 aromatic carbocycles. The van der Waals surface area contributed by atoms with E-state index >= 15 is 0 Å². The first-order valence-corrected chi connectivity index (χ1v) is 6.58. The van der Waals surface area contributed by atoms with E-state index < -0.39 is 22.4 Å². The van der Waals surface area contributed by atoms with Crippen molar-refractivity contribution in [1.29, 1.82) is 0 Å².